The predicted molar refractivity (Wildman–Crippen MR) is 129 cm³/mol. The molecule has 7 nitrogen and oxygen atoms in total. The zero-order valence-electron chi connectivity index (χ0n) is 17.3. The van der Waals surface area contributed by atoms with Crippen LogP contribution in [0.5, 0.6) is 0 Å². The van der Waals surface area contributed by atoms with E-state index < -0.39 is 0 Å². The fourth-order valence-electron chi connectivity index (χ4n) is 2.92. The first kappa shape index (κ1) is 24.4. The summed E-state index contributed by atoms with van der Waals surface area (Å²) >= 11 is 19.3. The minimum absolute atomic E-state index is 0.0724. The SMILES string of the molecule is CCn1c(CNC(=O)c2ccccc2C)nnc1SCC(=O)Nc1c(Cl)cc(Cl)cc1Cl. The number of amides is 2. The second-order valence-electron chi connectivity index (χ2n) is 6.72. The summed E-state index contributed by atoms with van der Waals surface area (Å²) in [6.45, 7) is 4.62. The van der Waals surface area contributed by atoms with Crippen LogP contribution >= 0.6 is 46.6 Å². The highest BCUT2D eigenvalue weighted by atomic mass is 35.5. The number of thioether (sulfide) groups is 1. The summed E-state index contributed by atoms with van der Waals surface area (Å²) in [5.41, 5.74) is 1.81. The van der Waals surface area contributed by atoms with Crippen molar-refractivity contribution in [2.45, 2.75) is 32.1 Å². The molecule has 0 radical (unpaired) electrons. The summed E-state index contributed by atoms with van der Waals surface area (Å²) in [5.74, 6) is 0.185. The summed E-state index contributed by atoms with van der Waals surface area (Å²) in [7, 11) is 0. The molecule has 1 aromatic heterocycles. The van der Waals surface area contributed by atoms with Crippen LogP contribution in [0.2, 0.25) is 15.1 Å². The van der Waals surface area contributed by atoms with Crippen molar-refractivity contribution in [3.05, 3.63) is 68.4 Å². The van der Waals surface area contributed by atoms with Gasteiger partial charge in [0.25, 0.3) is 5.91 Å². The number of nitrogens with one attached hydrogen (secondary N) is 2. The van der Waals surface area contributed by atoms with Gasteiger partial charge in [-0.25, -0.2) is 0 Å². The van der Waals surface area contributed by atoms with E-state index >= 15 is 0 Å². The second-order valence-corrected chi connectivity index (χ2v) is 8.92. The summed E-state index contributed by atoms with van der Waals surface area (Å²) < 4.78 is 1.85. The number of anilines is 1. The summed E-state index contributed by atoms with van der Waals surface area (Å²) in [5, 5.41) is 15.3. The average Bonchev–Trinajstić information content (AvgIpc) is 3.15. The Morgan fingerprint density at radius 1 is 1.09 bits per heavy atom. The molecule has 2 amide bonds. The van der Waals surface area contributed by atoms with E-state index in [-0.39, 0.29) is 34.2 Å². The molecule has 0 fully saturated rings. The summed E-state index contributed by atoms with van der Waals surface area (Å²) in [6, 6.07) is 10.4. The Morgan fingerprint density at radius 3 is 2.44 bits per heavy atom. The average molecular weight is 513 g/mol. The number of carbonyl (C=O) groups excluding carboxylic acids is 2. The molecule has 0 unspecified atom stereocenters. The number of hydrogen-bond acceptors (Lipinski definition) is 5. The third-order valence-corrected chi connectivity index (χ3v) is 6.29. The molecule has 0 aliphatic heterocycles. The van der Waals surface area contributed by atoms with Crippen molar-refractivity contribution < 1.29 is 9.59 Å². The van der Waals surface area contributed by atoms with Crippen LogP contribution < -0.4 is 10.6 Å². The second kappa shape index (κ2) is 11.0. The smallest absolute Gasteiger partial charge is 0.251 e. The third-order valence-electron chi connectivity index (χ3n) is 4.51. The fourth-order valence-corrected chi connectivity index (χ4v) is 4.66. The maximum Gasteiger partial charge on any atom is 0.251 e. The van der Waals surface area contributed by atoms with Crippen LogP contribution in [-0.2, 0) is 17.9 Å². The van der Waals surface area contributed by atoms with Gasteiger partial charge >= 0.3 is 0 Å². The Balaban J connectivity index is 1.61. The van der Waals surface area contributed by atoms with Crippen LogP contribution in [0.4, 0.5) is 5.69 Å². The molecule has 3 aromatic rings. The first-order valence-corrected chi connectivity index (χ1v) is 11.7. The summed E-state index contributed by atoms with van der Waals surface area (Å²) in [4.78, 5) is 24.8. The van der Waals surface area contributed by atoms with E-state index in [0.29, 0.717) is 33.8 Å². The Labute approximate surface area is 204 Å². The molecule has 1 heterocycles. The van der Waals surface area contributed by atoms with E-state index in [9.17, 15) is 9.59 Å². The van der Waals surface area contributed by atoms with Crippen molar-refractivity contribution in [2.75, 3.05) is 11.1 Å². The molecule has 0 bridgehead atoms. The summed E-state index contributed by atoms with van der Waals surface area (Å²) in [6.07, 6.45) is 0. The van der Waals surface area contributed by atoms with E-state index in [2.05, 4.69) is 20.8 Å². The minimum Gasteiger partial charge on any atom is -0.345 e. The van der Waals surface area contributed by atoms with Crippen LogP contribution in [-0.4, -0.2) is 32.3 Å². The van der Waals surface area contributed by atoms with Crippen LogP contribution in [0, 0.1) is 6.92 Å². The third kappa shape index (κ3) is 5.95. The van der Waals surface area contributed by atoms with Crippen molar-refractivity contribution >= 4 is 64.1 Å². The van der Waals surface area contributed by atoms with Crippen molar-refractivity contribution in [3.63, 3.8) is 0 Å². The van der Waals surface area contributed by atoms with Gasteiger partial charge in [0.05, 0.1) is 28.0 Å². The number of aromatic nitrogens is 3. The van der Waals surface area contributed by atoms with Crippen LogP contribution in [0.1, 0.15) is 28.7 Å². The molecular weight excluding hydrogens is 493 g/mol. The Bertz CT molecular complexity index is 1130. The van der Waals surface area contributed by atoms with E-state index in [4.69, 9.17) is 34.8 Å². The molecule has 32 heavy (non-hydrogen) atoms. The lowest BCUT2D eigenvalue weighted by atomic mass is 10.1. The normalized spacial score (nSPS) is 10.8. The number of rotatable bonds is 8. The van der Waals surface area contributed by atoms with Gasteiger partial charge in [0.15, 0.2) is 11.0 Å². The van der Waals surface area contributed by atoms with E-state index in [0.717, 1.165) is 5.56 Å². The van der Waals surface area contributed by atoms with Gasteiger partial charge in [-0.3, -0.25) is 9.59 Å². The Kier molecular flexibility index (Phi) is 8.42. The molecule has 0 aliphatic rings. The number of halogens is 3. The van der Waals surface area contributed by atoms with Gasteiger partial charge in [-0.1, -0.05) is 64.8 Å². The maximum absolute atomic E-state index is 12.5. The highest BCUT2D eigenvalue weighted by Crippen LogP contribution is 2.33. The molecule has 3 rings (SSSR count). The van der Waals surface area contributed by atoms with Gasteiger partial charge in [0, 0.05) is 17.1 Å². The van der Waals surface area contributed by atoms with Gasteiger partial charge in [0.2, 0.25) is 5.91 Å². The molecule has 2 N–H and O–H groups in total. The fraction of sp³-hybridized carbons (Fsp3) is 0.238. The predicted octanol–water partition coefficient (Wildman–Crippen LogP) is 5.23. The largest absolute Gasteiger partial charge is 0.345 e. The highest BCUT2D eigenvalue weighted by Gasteiger charge is 2.16. The van der Waals surface area contributed by atoms with Crippen LogP contribution in [0.15, 0.2) is 41.6 Å². The standard InChI is InChI=1S/C21H20Cl3N5O2S/c1-3-29-17(10-25-20(31)14-7-5-4-6-12(14)2)27-28-21(29)32-11-18(30)26-19-15(23)8-13(22)9-16(19)24/h4-9H,3,10-11H2,1-2H3,(H,25,31)(H,26,30). The van der Waals surface area contributed by atoms with E-state index in [1.54, 1.807) is 6.07 Å². The zero-order chi connectivity index (χ0) is 23.3. The first-order chi connectivity index (χ1) is 15.3. The van der Waals surface area contributed by atoms with Crippen LogP contribution in [0.25, 0.3) is 0 Å². The van der Waals surface area contributed by atoms with Crippen molar-refractivity contribution in [2.24, 2.45) is 0 Å². The number of hydrogen-bond donors (Lipinski definition) is 2. The Morgan fingerprint density at radius 2 is 1.78 bits per heavy atom. The van der Waals surface area contributed by atoms with Crippen molar-refractivity contribution in [3.8, 4) is 0 Å². The van der Waals surface area contributed by atoms with E-state index in [1.165, 1.54) is 23.9 Å². The quantitative estimate of drug-likeness (QED) is 0.404. The van der Waals surface area contributed by atoms with Gasteiger partial charge in [0.1, 0.15) is 0 Å². The van der Waals surface area contributed by atoms with Gasteiger partial charge in [-0.15, -0.1) is 10.2 Å². The minimum atomic E-state index is -0.304. The number of carbonyl (C=O) groups is 2. The first-order valence-electron chi connectivity index (χ1n) is 9.63. The molecule has 0 atom stereocenters. The molecule has 168 valence electrons. The molecule has 0 saturated carbocycles. The number of aryl methyl sites for hydroxylation is 1. The molecule has 2 aromatic carbocycles. The lowest BCUT2D eigenvalue weighted by molar-refractivity contribution is -0.113. The Hall–Kier alpha value is -2.26. The maximum atomic E-state index is 12.5. The zero-order valence-corrected chi connectivity index (χ0v) is 20.4. The molecule has 11 heteroatoms. The van der Waals surface area contributed by atoms with Gasteiger partial charge in [-0.2, -0.15) is 0 Å². The van der Waals surface area contributed by atoms with Crippen LogP contribution in [0.3, 0.4) is 0 Å². The number of nitrogens with zero attached hydrogens (tertiary/aromatic N) is 3. The lowest BCUT2D eigenvalue weighted by Crippen LogP contribution is -2.25. The van der Waals surface area contributed by atoms with Gasteiger partial charge in [-0.05, 0) is 37.6 Å². The topological polar surface area (TPSA) is 88.9 Å². The van der Waals surface area contributed by atoms with E-state index in [1.807, 2.05) is 36.6 Å². The van der Waals surface area contributed by atoms with Crippen molar-refractivity contribution in [1.82, 2.24) is 20.1 Å². The highest BCUT2D eigenvalue weighted by molar-refractivity contribution is 7.99. The molecule has 0 aliphatic carbocycles. The van der Waals surface area contributed by atoms with Crippen molar-refractivity contribution in [1.29, 1.82) is 0 Å². The number of benzene rings is 2. The van der Waals surface area contributed by atoms with Gasteiger partial charge < -0.3 is 15.2 Å². The molecular formula is C21H20Cl3N5O2S. The molecule has 0 saturated heterocycles. The lowest BCUT2D eigenvalue weighted by Gasteiger charge is -2.11. The molecule has 0 spiro atoms. The monoisotopic (exact) mass is 511 g/mol.